The first-order valence-corrected chi connectivity index (χ1v) is 6.34. The Balaban J connectivity index is 2.52. The van der Waals surface area contributed by atoms with E-state index < -0.39 is 15.8 Å². The molecule has 10 heteroatoms. The van der Waals surface area contributed by atoms with Crippen LogP contribution < -0.4 is 5.73 Å². The first-order chi connectivity index (χ1) is 7.87. The van der Waals surface area contributed by atoms with Gasteiger partial charge in [0.2, 0.25) is 0 Å². The summed E-state index contributed by atoms with van der Waals surface area (Å²) in [4.78, 5) is 1.71. The van der Waals surface area contributed by atoms with Gasteiger partial charge in [0.1, 0.15) is 0 Å². The van der Waals surface area contributed by atoms with E-state index in [0.717, 1.165) is 4.31 Å². The minimum absolute atomic E-state index is 0.00448. The molecule has 0 amide bonds. The van der Waals surface area contributed by atoms with Gasteiger partial charge in [-0.1, -0.05) is 5.16 Å². The fraction of sp³-hybridized carbons (Fsp3) is 0.857. The number of sulfonamides is 1. The van der Waals surface area contributed by atoms with Crippen LogP contribution in [-0.2, 0) is 10.0 Å². The zero-order chi connectivity index (χ0) is 13.1. The van der Waals surface area contributed by atoms with Gasteiger partial charge in [-0.15, -0.1) is 0 Å². The van der Waals surface area contributed by atoms with Crippen molar-refractivity contribution < 1.29 is 22.4 Å². The lowest BCUT2D eigenvalue weighted by Crippen LogP contribution is -2.51. The molecule has 1 saturated heterocycles. The van der Waals surface area contributed by atoms with Gasteiger partial charge in [-0.2, -0.15) is 13.1 Å². The van der Waals surface area contributed by atoms with Crippen molar-refractivity contribution in [3.05, 3.63) is 0 Å². The molecule has 0 aromatic carbocycles. The van der Waals surface area contributed by atoms with E-state index in [2.05, 4.69) is 5.16 Å². The molecular weight excluding hydrogens is 258 g/mol. The molecule has 1 aliphatic heterocycles. The second-order valence-corrected chi connectivity index (χ2v) is 5.47. The molecular formula is C7H14F2N4O3S. The van der Waals surface area contributed by atoms with Crippen LogP contribution in [0.5, 0.6) is 0 Å². The fourth-order valence-corrected chi connectivity index (χ4v) is 2.41. The van der Waals surface area contributed by atoms with Crippen molar-refractivity contribution in [2.24, 2.45) is 10.9 Å². The molecule has 0 atom stereocenters. The van der Waals surface area contributed by atoms with E-state index in [4.69, 9.17) is 10.9 Å². The second-order valence-electron chi connectivity index (χ2n) is 3.57. The van der Waals surface area contributed by atoms with Crippen molar-refractivity contribution in [3.63, 3.8) is 0 Å². The quantitative estimate of drug-likeness (QED) is 0.293. The van der Waals surface area contributed by atoms with Crippen molar-refractivity contribution in [2.75, 3.05) is 32.7 Å². The van der Waals surface area contributed by atoms with Crippen LogP contribution in [0.25, 0.3) is 0 Å². The van der Waals surface area contributed by atoms with E-state index in [-0.39, 0.29) is 38.6 Å². The monoisotopic (exact) mass is 272 g/mol. The minimum atomic E-state index is -4.49. The summed E-state index contributed by atoms with van der Waals surface area (Å²) in [7, 11) is -4.49. The van der Waals surface area contributed by atoms with Crippen molar-refractivity contribution in [2.45, 2.75) is 5.76 Å². The highest BCUT2D eigenvalue weighted by Gasteiger charge is 2.34. The molecule has 0 saturated carbocycles. The zero-order valence-electron chi connectivity index (χ0n) is 8.96. The highest BCUT2D eigenvalue weighted by molar-refractivity contribution is 7.89. The van der Waals surface area contributed by atoms with Crippen molar-refractivity contribution in [3.8, 4) is 0 Å². The lowest BCUT2D eigenvalue weighted by Gasteiger charge is -2.33. The van der Waals surface area contributed by atoms with Gasteiger partial charge in [-0.05, 0) is 0 Å². The Morgan fingerprint density at radius 1 is 1.35 bits per heavy atom. The summed E-state index contributed by atoms with van der Waals surface area (Å²) in [5.74, 6) is -3.40. The summed E-state index contributed by atoms with van der Waals surface area (Å²) in [5.41, 5.74) is 5.28. The number of piperazine rings is 1. The van der Waals surface area contributed by atoms with Gasteiger partial charge in [0.15, 0.2) is 5.84 Å². The van der Waals surface area contributed by atoms with Gasteiger partial charge in [-0.3, -0.25) is 4.90 Å². The average molecular weight is 272 g/mol. The first kappa shape index (κ1) is 14.1. The third kappa shape index (κ3) is 3.48. The Bertz CT molecular complexity index is 379. The third-order valence-electron chi connectivity index (χ3n) is 2.43. The molecule has 0 radical (unpaired) electrons. The molecule has 0 bridgehead atoms. The molecule has 100 valence electrons. The van der Waals surface area contributed by atoms with Crippen LogP contribution >= 0.6 is 0 Å². The maximum atomic E-state index is 12.2. The average Bonchev–Trinajstić information content (AvgIpc) is 2.29. The van der Waals surface area contributed by atoms with Gasteiger partial charge >= 0.3 is 5.76 Å². The molecule has 17 heavy (non-hydrogen) atoms. The molecule has 1 heterocycles. The van der Waals surface area contributed by atoms with Crippen molar-refractivity contribution in [1.29, 1.82) is 0 Å². The van der Waals surface area contributed by atoms with E-state index in [1.54, 1.807) is 4.90 Å². The number of oxime groups is 1. The summed E-state index contributed by atoms with van der Waals surface area (Å²) < 4.78 is 47.5. The van der Waals surface area contributed by atoms with Crippen LogP contribution in [0.4, 0.5) is 8.78 Å². The molecule has 0 aliphatic carbocycles. The number of hydrogen-bond donors (Lipinski definition) is 2. The van der Waals surface area contributed by atoms with Gasteiger partial charge in [-0.25, -0.2) is 8.42 Å². The molecule has 3 N–H and O–H groups in total. The molecule has 0 aromatic heterocycles. The van der Waals surface area contributed by atoms with Gasteiger partial charge in [0, 0.05) is 26.2 Å². The smallest absolute Gasteiger partial charge is 0.350 e. The summed E-state index contributed by atoms with van der Waals surface area (Å²) in [6.45, 7) is 0.667. The normalized spacial score (nSPS) is 21.0. The summed E-state index contributed by atoms with van der Waals surface area (Å²) in [6.07, 6.45) is 0. The van der Waals surface area contributed by atoms with Crippen LogP contribution in [0, 0.1) is 0 Å². The van der Waals surface area contributed by atoms with Crippen LogP contribution in [0.15, 0.2) is 5.16 Å². The van der Waals surface area contributed by atoms with Gasteiger partial charge in [0.25, 0.3) is 10.0 Å². The molecule has 0 aromatic rings. The maximum Gasteiger partial charge on any atom is 0.350 e. The lowest BCUT2D eigenvalue weighted by molar-refractivity contribution is 0.181. The number of nitrogens with two attached hydrogens (primary N) is 1. The SMILES string of the molecule is N/C(CN1CCN(S(=O)(=O)C(F)F)CC1)=N\O. The Labute approximate surface area is 97.5 Å². The van der Waals surface area contributed by atoms with Gasteiger partial charge < -0.3 is 10.9 Å². The van der Waals surface area contributed by atoms with Crippen LogP contribution in [0.3, 0.4) is 0 Å². The Hall–Kier alpha value is -1.00. The Kier molecular flexibility index (Phi) is 4.60. The fourth-order valence-electron chi connectivity index (χ4n) is 1.52. The number of amidine groups is 1. The standard InChI is InChI=1S/C7H14F2N4O3S/c8-7(9)17(15,16)13-3-1-12(2-4-13)5-6(10)11-14/h7,14H,1-5H2,(H2,10,11). The highest BCUT2D eigenvalue weighted by atomic mass is 32.2. The number of nitrogens with zero attached hydrogens (tertiary/aromatic N) is 3. The van der Waals surface area contributed by atoms with E-state index in [0.29, 0.717) is 0 Å². The molecule has 0 unspecified atom stereocenters. The summed E-state index contributed by atoms with van der Waals surface area (Å²) in [6, 6.07) is 0. The Morgan fingerprint density at radius 3 is 2.29 bits per heavy atom. The molecule has 1 fully saturated rings. The van der Waals surface area contributed by atoms with Gasteiger partial charge in [0.05, 0.1) is 6.54 Å². The number of rotatable bonds is 4. The van der Waals surface area contributed by atoms with Crippen molar-refractivity contribution in [1.82, 2.24) is 9.21 Å². The predicted octanol–water partition coefficient (Wildman–Crippen LogP) is -1.10. The van der Waals surface area contributed by atoms with E-state index in [1.807, 2.05) is 0 Å². The summed E-state index contributed by atoms with van der Waals surface area (Å²) >= 11 is 0. The number of hydrogen-bond acceptors (Lipinski definition) is 5. The largest absolute Gasteiger partial charge is 0.409 e. The first-order valence-electron chi connectivity index (χ1n) is 4.84. The number of alkyl halides is 2. The third-order valence-corrected chi connectivity index (χ3v) is 3.97. The lowest BCUT2D eigenvalue weighted by atomic mass is 10.3. The minimum Gasteiger partial charge on any atom is -0.409 e. The molecule has 1 rings (SSSR count). The second kappa shape index (κ2) is 5.56. The molecule has 7 nitrogen and oxygen atoms in total. The van der Waals surface area contributed by atoms with E-state index in [1.165, 1.54) is 0 Å². The van der Waals surface area contributed by atoms with E-state index in [9.17, 15) is 17.2 Å². The van der Waals surface area contributed by atoms with Crippen LogP contribution in [0.2, 0.25) is 0 Å². The maximum absolute atomic E-state index is 12.2. The predicted molar refractivity (Wildman–Crippen MR) is 56.3 cm³/mol. The topological polar surface area (TPSA) is 99.2 Å². The molecule has 0 spiro atoms. The highest BCUT2D eigenvalue weighted by Crippen LogP contribution is 2.14. The zero-order valence-corrected chi connectivity index (χ0v) is 9.78. The van der Waals surface area contributed by atoms with Crippen LogP contribution in [-0.4, -0.2) is 67.1 Å². The Morgan fingerprint density at radius 2 is 1.88 bits per heavy atom. The summed E-state index contributed by atoms with van der Waals surface area (Å²) in [5, 5.41) is 11.1. The van der Waals surface area contributed by atoms with E-state index >= 15 is 0 Å². The number of halogens is 2. The molecule has 1 aliphatic rings. The van der Waals surface area contributed by atoms with Crippen molar-refractivity contribution >= 4 is 15.9 Å². The van der Waals surface area contributed by atoms with Crippen LogP contribution in [0.1, 0.15) is 0 Å².